The number of halogens is 4. The van der Waals surface area contributed by atoms with Crippen molar-refractivity contribution in [3.05, 3.63) is 9.85 Å². The first kappa shape index (κ1) is 9.66. The molecule has 0 aliphatic carbocycles. The summed E-state index contributed by atoms with van der Waals surface area (Å²) in [5, 5.41) is 9.68. The predicted molar refractivity (Wildman–Crippen MR) is 40.4 cm³/mol. The number of aromatic hydroxyl groups is 1. The fourth-order valence-corrected chi connectivity index (χ4v) is 1.77. The second kappa shape index (κ2) is 3.14. The number of ether oxygens (including phenoxy) is 1. The molecule has 0 bridgehead atoms. The van der Waals surface area contributed by atoms with Gasteiger partial charge in [0.15, 0.2) is 5.75 Å². The summed E-state index contributed by atoms with van der Waals surface area (Å²) >= 11 is 3.50. The van der Waals surface area contributed by atoms with E-state index in [1.54, 1.807) is 0 Å². The van der Waals surface area contributed by atoms with Crippen molar-refractivity contribution in [2.75, 3.05) is 0 Å². The molecule has 0 atom stereocenters. The van der Waals surface area contributed by atoms with Crippen LogP contribution in [-0.4, -0.2) is 11.5 Å². The van der Waals surface area contributed by atoms with Crippen molar-refractivity contribution in [3.8, 4) is 10.8 Å². The molecule has 0 aliphatic rings. The van der Waals surface area contributed by atoms with Crippen LogP contribution < -0.4 is 4.74 Å². The van der Waals surface area contributed by atoms with Gasteiger partial charge in [-0.1, -0.05) is 0 Å². The molecule has 0 fully saturated rings. The van der Waals surface area contributed by atoms with Crippen molar-refractivity contribution >= 4 is 27.3 Å². The van der Waals surface area contributed by atoms with Crippen LogP contribution >= 0.6 is 27.3 Å². The van der Waals surface area contributed by atoms with Gasteiger partial charge in [-0.05, 0) is 15.9 Å². The molecule has 2 nitrogen and oxygen atoms in total. The number of alkyl halides is 3. The molecule has 7 heteroatoms. The molecule has 0 saturated heterocycles. The summed E-state index contributed by atoms with van der Waals surface area (Å²) in [5.41, 5.74) is 0. The Labute approximate surface area is 77.7 Å². The SMILES string of the molecule is Oc1c(Br)csc1OC(F)(F)F. The molecule has 1 heterocycles. The second-order valence-corrected chi connectivity index (χ2v) is 3.46. The van der Waals surface area contributed by atoms with Gasteiger partial charge in [-0.3, -0.25) is 0 Å². The van der Waals surface area contributed by atoms with Gasteiger partial charge in [0.1, 0.15) is 0 Å². The molecule has 68 valence electrons. The van der Waals surface area contributed by atoms with Crippen molar-refractivity contribution in [3.63, 3.8) is 0 Å². The molecule has 0 spiro atoms. The van der Waals surface area contributed by atoms with E-state index < -0.39 is 17.2 Å². The molecule has 1 rings (SSSR count). The van der Waals surface area contributed by atoms with E-state index in [9.17, 15) is 13.2 Å². The number of hydrogen-bond acceptors (Lipinski definition) is 3. The van der Waals surface area contributed by atoms with Crippen LogP contribution in [0.5, 0.6) is 10.8 Å². The third-order valence-corrected chi connectivity index (χ3v) is 2.65. The highest BCUT2D eigenvalue weighted by atomic mass is 79.9. The van der Waals surface area contributed by atoms with Crippen LogP contribution in [0.2, 0.25) is 0 Å². The molecule has 1 N–H and O–H groups in total. The fraction of sp³-hybridized carbons (Fsp3) is 0.200. The molecule has 12 heavy (non-hydrogen) atoms. The molecule has 1 aromatic heterocycles. The summed E-state index contributed by atoms with van der Waals surface area (Å²) in [7, 11) is 0. The van der Waals surface area contributed by atoms with Crippen molar-refractivity contribution in [2.24, 2.45) is 0 Å². The lowest BCUT2D eigenvalue weighted by molar-refractivity contribution is -0.273. The summed E-state index contributed by atoms with van der Waals surface area (Å²) in [4.78, 5) is 0. The van der Waals surface area contributed by atoms with E-state index in [0.29, 0.717) is 11.3 Å². The Hall–Kier alpha value is -0.430. The molecule has 0 aromatic carbocycles. The Morgan fingerprint density at radius 1 is 1.50 bits per heavy atom. The summed E-state index contributed by atoms with van der Waals surface area (Å²) < 4.78 is 38.4. The van der Waals surface area contributed by atoms with Crippen LogP contribution in [0.25, 0.3) is 0 Å². The van der Waals surface area contributed by atoms with Crippen molar-refractivity contribution in [2.45, 2.75) is 6.36 Å². The average Bonchev–Trinajstić information content (AvgIpc) is 2.16. The molecule has 0 radical (unpaired) electrons. The van der Waals surface area contributed by atoms with Gasteiger partial charge in [0.05, 0.1) is 4.47 Å². The lowest BCUT2D eigenvalue weighted by Gasteiger charge is -2.05. The first-order valence-corrected chi connectivity index (χ1v) is 4.29. The van der Waals surface area contributed by atoms with Crippen LogP contribution in [0.3, 0.4) is 0 Å². The average molecular weight is 263 g/mol. The Balaban J connectivity index is 2.83. The highest BCUT2D eigenvalue weighted by Gasteiger charge is 2.33. The van der Waals surface area contributed by atoms with Crippen molar-refractivity contribution in [1.82, 2.24) is 0 Å². The zero-order valence-corrected chi connectivity index (χ0v) is 7.76. The zero-order chi connectivity index (χ0) is 9.35. The van der Waals surface area contributed by atoms with Gasteiger partial charge < -0.3 is 9.84 Å². The minimum atomic E-state index is -4.76. The van der Waals surface area contributed by atoms with Crippen LogP contribution in [0.4, 0.5) is 13.2 Å². The lowest BCUT2D eigenvalue weighted by atomic mass is 10.6. The van der Waals surface area contributed by atoms with E-state index in [2.05, 4.69) is 20.7 Å². The Morgan fingerprint density at radius 2 is 2.08 bits per heavy atom. The van der Waals surface area contributed by atoms with E-state index in [1.165, 1.54) is 5.38 Å². The van der Waals surface area contributed by atoms with E-state index in [-0.39, 0.29) is 4.47 Å². The van der Waals surface area contributed by atoms with Gasteiger partial charge in [-0.2, -0.15) is 0 Å². The molecule has 1 aromatic rings. The third kappa shape index (κ3) is 2.28. The Morgan fingerprint density at radius 3 is 2.42 bits per heavy atom. The third-order valence-electron chi connectivity index (χ3n) is 0.897. The first-order valence-electron chi connectivity index (χ1n) is 2.62. The highest BCUT2D eigenvalue weighted by Crippen LogP contribution is 2.42. The van der Waals surface area contributed by atoms with Crippen LogP contribution in [0.1, 0.15) is 0 Å². The predicted octanol–water partition coefficient (Wildman–Crippen LogP) is 3.11. The summed E-state index contributed by atoms with van der Waals surface area (Å²) in [6, 6.07) is 0. The largest absolute Gasteiger partial charge is 0.573 e. The molecule has 0 aliphatic heterocycles. The summed E-state index contributed by atoms with van der Waals surface area (Å²) in [5.74, 6) is -0.530. The molecular formula is C5H2BrF3O2S. The molecular weight excluding hydrogens is 261 g/mol. The van der Waals surface area contributed by atoms with Gasteiger partial charge in [0, 0.05) is 5.38 Å². The Kier molecular flexibility index (Phi) is 2.52. The summed E-state index contributed by atoms with van der Waals surface area (Å²) in [6.07, 6.45) is -4.76. The van der Waals surface area contributed by atoms with Crippen LogP contribution in [0.15, 0.2) is 9.85 Å². The standard InChI is InChI=1S/C5H2BrF3O2S/c6-2-1-12-4(3(2)10)11-5(7,8)9/h1,10H. The lowest BCUT2D eigenvalue weighted by Crippen LogP contribution is -2.16. The maximum Gasteiger partial charge on any atom is 0.573 e. The van der Waals surface area contributed by atoms with Crippen molar-refractivity contribution < 1.29 is 23.0 Å². The first-order chi connectivity index (χ1) is 5.40. The topological polar surface area (TPSA) is 29.5 Å². The zero-order valence-electron chi connectivity index (χ0n) is 5.35. The smallest absolute Gasteiger partial charge is 0.503 e. The van der Waals surface area contributed by atoms with Crippen LogP contribution in [0, 0.1) is 0 Å². The van der Waals surface area contributed by atoms with E-state index in [1.807, 2.05) is 0 Å². The molecule has 0 amide bonds. The van der Waals surface area contributed by atoms with Gasteiger partial charge >= 0.3 is 6.36 Å². The minimum absolute atomic E-state index is 0.187. The quantitative estimate of drug-likeness (QED) is 0.843. The number of rotatable bonds is 1. The van der Waals surface area contributed by atoms with Gasteiger partial charge in [-0.25, -0.2) is 0 Å². The van der Waals surface area contributed by atoms with E-state index in [0.717, 1.165) is 0 Å². The highest BCUT2D eigenvalue weighted by molar-refractivity contribution is 9.10. The number of thiophene rings is 1. The van der Waals surface area contributed by atoms with Gasteiger partial charge in [0.2, 0.25) is 5.06 Å². The Bertz CT molecular complexity index is 283. The second-order valence-electron chi connectivity index (χ2n) is 1.77. The van der Waals surface area contributed by atoms with E-state index in [4.69, 9.17) is 5.11 Å². The maximum absolute atomic E-state index is 11.6. The van der Waals surface area contributed by atoms with Crippen molar-refractivity contribution in [1.29, 1.82) is 0 Å². The van der Waals surface area contributed by atoms with Gasteiger partial charge in [-0.15, -0.1) is 24.5 Å². The minimum Gasteiger partial charge on any atom is -0.503 e. The van der Waals surface area contributed by atoms with Gasteiger partial charge in [0.25, 0.3) is 0 Å². The van der Waals surface area contributed by atoms with E-state index >= 15 is 0 Å². The molecule has 0 saturated carbocycles. The number of hydrogen-bond donors (Lipinski definition) is 1. The molecule has 0 unspecified atom stereocenters. The normalized spacial score (nSPS) is 11.7. The fourth-order valence-electron chi connectivity index (χ4n) is 0.492. The monoisotopic (exact) mass is 262 g/mol. The maximum atomic E-state index is 11.6. The summed E-state index contributed by atoms with van der Waals surface area (Å²) in [6.45, 7) is 0. The van der Waals surface area contributed by atoms with Crippen LogP contribution in [-0.2, 0) is 0 Å².